The Morgan fingerprint density at radius 2 is 1.79 bits per heavy atom. The largest absolute Gasteiger partial charge is 0.483 e. The van der Waals surface area contributed by atoms with Crippen molar-refractivity contribution in [3.63, 3.8) is 0 Å². The van der Waals surface area contributed by atoms with Gasteiger partial charge >= 0.3 is 0 Å². The molecule has 7 rings (SSSR count). The van der Waals surface area contributed by atoms with Crippen LogP contribution < -0.4 is 14.4 Å². The molecule has 2 aliphatic carbocycles. The summed E-state index contributed by atoms with van der Waals surface area (Å²) in [5.74, 6) is 0.249. The van der Waals surface area contributed by atoms with Crippen LogP contribution in [0.3, 0.4) is 0 Å². The fraction of sp³-hybridized carbons (Fsp3) is 0.650. The van der Waals surface area contributed by atoms with Crippen LogP contribution in [0, 0.1) is 23.7 Å². The second-order valence-corrected chi connectivity index (χ2v) is 19.1. The SMILES string of the molecule is CC(C)N1CCN(C[C@]2(O)CCC[C@H](C)[C@@H](C)S(=O)(=O)NC(=O)c3ccc4c(c3)N(C[C@H]3CCCc5cc(Cl)ccc5C3O4)C[C@@H]3CC[C@H]32)CC1=O. The number of β-amino-alcohol motifs (C(OH)–C–C–N with tert-alkyl or cyclic N) is 1. The number of amides is 2. The van der Waals surface area contributed by atoms with E-state index < -0.39 is 26.8 Å². The van der Waals surface area contributed by atoms with Gasteiger partial charge in [-0.15, -0.1) is 0 Å². The number of anilines is 1. The minimum atomic E-state index is -3.98. The lowest BCUT2D eigenvalue weighted by Crippen LogP contribution is -2.60. The minimum absolute atomic E-state index is 0.0157. The van der Waals surface area contributed by atoms with Crippen LogP contribution in [0.25, 0.3) is 0 Å². The van der Waals surface area contributed by atoms with Crippen LogP contribution >= 0.6 is 11.6 Å². The number of ether oxygens (including phenoxy) is 1. The van der Waals surface area contributed by atoms with Crippen molar-refractivity contribution in [3.05, 3.63) is 58.1 Å². The Morgan fingerprint density at radius 3 is 2.52 bits per heavy atom. The van der Waals surface area contributed by atoms with Gasteiger partial charge in [-0.1, -0.05) is 31.0 Å². The molecule has 284 valence electrons. The standard InChI is InChI=1S/C40H55ClN4O6S/c1-25(2)45-18-17-43(23-37(45)46)24-40(48)16-6-7-26(3)27(4)52(49,50)42-39(47)29-11-15-36-35(20-29)44(21-30-10-14-34(30)40)22-31-9-5-8-28-19-32(41)12-13-33(28)38(31)51-36/h11-13,15,19-20,25-27,30-31,34,38,48H,5-10,14,16-18,21-24H2,1-4H3,(H,42,47)/t26-,27+,30-,31+,34+,38?,40+/m0/s1. The quantitative estimate of drug-likeness (QED) is 0.403. The van der Waals surface area contributed by atoms with Gasteiger partial charge in [0.2, 0.25) is 15.9 Å². The molecule has 5 aliphatic rings. The Bertz CT molecular complexity index is 1790. The zero-order chi connectivity index (χ0) is 36.9. The highest BCUT2D eigenvalue weighted by Crippen LogP contribution is 2.49. The molecule has 10 nitrogen and oxygen atoms in total. The van der Waals surface area contributed by atoms with E-state index in [0.29, 0.717) is 69.3 Å². The van der Waals surface area contributed by atoms with E-state index in [1.54, 1.807) is 19.1 Å². The molecule has 2 aromatic rings. The highest BCUT2D eigenvalue weighted by atomic mass is 35.5. The van der Waals surface area contributed by atoms with Crippen LogP contribution in [-0.2, 0) is 21.2 Å². The van der Waals surface area contributed by atoms with E-state index in [1.165, 1.54) is 5.56 Å². The summed E-state index contributed by atoms with van der Waals surface area (Å²) in [6.45, 7) is 11.1. The number of fused-ring (bicyclic) bond motifs is 5. The van der Waals surface area contributed by atoms with Gasteiger partial charge in [-0.05, 0) is 125 Å². The molecule has 2 bridgehead atoms. The first-order valence-corrected chi connectivity index (χ1v) is 21.3. The minimum Gasteiger partial charge on any atom is -0.483 e. The third kappa shape index (κ3) is 7.44. The number of carbonyl (C=O) groups is 2. The van der Waals surface area contributed by atoms with Crippen LogP contribution in [0.1, 0.15) is 100 Å². The fourth-order valence-electron chi connectivity index (χ4n) is 9.59. The van der Waals surface area contributed by atoms with Crippen molar-refractivity contribution in [2.24, 2.45) is 23.7 Å². The summed E-state index contributed by atoms with van der Waals surface area (Å²) in [5, 5.41) is 12.7. The third-order valence-electron chi connectivity index (χ3n) is 12.9. The van der Waals surface area contributed by atoms with Gasteiger partial charge in [0.1, 0.15) is 11.9 Å². The average molecular weight is 755 g/mol. The maximum atomic E-state index is 13.6. The molecule has 2 amide bonds. The van der Waals surface area contributed by atoms with E-state index in [1.807, 2.05) is 43.9 Å². The van der Waals surface area contributed by atoms with E-state index in [9.17, 15) is 23.1 Å². The Morgan fingerprint density at radius 1 is 1.00 bits per heavy atom. The number of benzene rings is 2. The zero-order valence-electron chi connectivity index (χ0n) is 31.0. The highest BCUT2D eigenvalue weighted by molar-refractivity contribution is 7.90. The van der Waals surface area contributed by atoms with E-state index >= 15 is 0 Å². The topological polar surface area (TPSA) is 119 Å². The molecular formula is C40H55ClN4O6S. The first-order chi connectivity index (χ1) is 24.7. The van der Waals surface area contributed by atoms with Gasteiger partial charge in [-0.2, -0.15) is 0 Å². The Hall–Kier alpha value is -2.86. The van der Waals surface area contributed by atoms with Crippen LogP contribution in [0.2, 0.25) is 5.02 Å². The molecule has 3 heterocycles. The van der Waals surface area contributed by atoms with Crippen molar-refractivity contribution < 1.29 is 27.9 Å². The molecule has 0 radical (unpaired) electrons. The molecular weight excluding hydrogens is 700 g/mol. The van der Waals surface area contributed by atoms with E-state index in [0.717, 1.165) is 43.4 Å². The molecule has 7 atom stereocenters. The monoisotopic (exact) mass is 754 g/mol. The van der Waals surface area contributed by atoms with E-state index in [2.05, 4.69) is 20.6 Å². The van der Waals surface area contributed by atoms with E-state index in [-0.39, 0.29) is 47.3 Å². The molecule has 2 aromatic carbocycles. The van der Waals surface area contributed by atoms with Gasteiger partial charge in [-0.25, -0.2) is 13.1 Å². The first-order valence-electron chi connectivity index (χ1n) is 19.4. The van der Waals surface area contributed by atoms with Gasteiger partial charge in [-0.3, -0.25) is 14.5 Å². The Labute approximate surface area is 314 Å². The summed E-state index contributed by atoms with van der Waals surface area (Å²) in [4.78, 5) is 33.1. The summed E-state index contributed by atoms with van der Waals surface area (Å²) in [7, 11) is -3.98. The number of halogens is 1. The summed E-state index contributed by atoms with van der Waals surface area (Å²) in [6, 6.07) is 11.4. The lowest BCUT2D eigenvalue weighted by Gasteiger charge is -2.51. The van der Waals surface area contributed by atoms with Crippen LogP contribution in [-0.4, -0.2) is 91.3 Å². The number of aryl methyl sites for hydroxylation is 1. The number of nitrogens with zero attached hydrogens (tertiary/aromatic N) is 3. The predicted molar refractivity (Wildman–Crippen MR) is 203 cm³/mol. The van der Waals surface area contributed by atoms with Gasteiger partial charge in [0, 0.05) is 55.3 Å². The smallest absolute Gasteiger partial charge is 0.264 e. The number of carbonyl (C=O) groups excluding carboxylic acids is 2. The van der Waals surface area contributed by atoms with Crippen molar-refractivity contribution in [1.82, 2.24) is 14.5 Å². The molecule has 2 N–H and O–H groups in total. The van der Waals surface area contributed by atoms with Crippen molar-refractivity contribution in [2.45, 2.75) is 102 Å². The second-order valence-electron chi connectivity index (χ2n) is 16.6. The van der Waals surface area contributed by atoms with Gasteiger partial charge in [0.05, 0.1) is 23.1 Å². The van der Waals surface area contributed by atoms with Gasteiger partial charge in [0.15, 0.2) is 0 Å². The summed E-state index contributed by atoms with van der Waals surface area (Å²) >= 11 is 6.43. The molecule has 0 aromatic heterocycles. The molecule has 52 heavy (non-hydrogen) atoms. The van der Waals surface area contributed by atoms with Crippen molar-refractivity contribution in [3.8, 4) is 5.75 Å². The molecule has 12 heteroatoms. The van der Waals surface area contributed by atoms with E-state index in [4.69, 9.17) is 16.3 Å². The lowest BCUT2D eigenvalue weighted by molar-refractivity contribution is -0.143. The lowest BCUT2D eigenvalue weighted by atomic mass is 9.62. The molecule has 1 saturated heterocycles. The third-order valence-corrected chi connectivity index (χ3v) is 15.1. The number of hydrogen-bond acceptors (Lipinski definition) is 8. The summed E-state index contributed by atoms with van der Waals surface area (Å²) in [6.07, 6.45) is 6.29. The molecule has 1 unspecified atom stereocenters. The van der Waals surface area contributed by atoms with Crippen LogP contribution in [0.15, 0.2) is 36.4 Å². The Kier molecular flexibility index (Phi) is 10.6. The van der Waals surface area contributed by atoms with Crippen LogP contribution in [0.5, 0.6) is 5.75 Å². The molecule has 2 fully saturated rings. The number of aliphatic hydroxyl groups is 1. The predicted octanol–water partition coefficient (Wildman–Crippen LogP) is 5.81. The van der Waals surface area contributed by atoms with Crippen molar-refractivity contribution in [2.75, 3.05) is 44.2 Å². The number of rotatable bonds is 3. The number of sulfonamides is 1. The van der Waals surface area contributed by atoms with Gasteiger partial charge in [0.25, 0.3) is 5.91 Å². The number of nitrogens with one attached hydrogen (secondary N) is 1. The maximum absolute atomic E-state index is 13.6. The first kappa shape index (κ1) is 37.5. The van der Waals surface area contributed by atoms with Crippen molar-refractivity contribution >= 4 is 39.1 Å². The molecule has 0 spiro atoms. The zero-order valence-corrected chi connectivity index (χ0v) is 32.6. The Balaban J connectivity index is 1.25. The average Bonchev–Trinajstić information content (AvgIpc) is 3.32. The van der Waals surface area contributed by atoms with Crippen molar-refractivity contribution in [1.29, 1.82) is 0 Å². The molecule has 1 saturated carbocycles. The summed E-state index contributed by atoms with van der Waals surface area (Å²) < 4.78 is 36.4. The van der Waals surface area contributed by atoms with Crippen LogP contribution in [0.4, 0.5) is 5.69 Å². The summed E-state index contributed by atoms with van der Waals surface area (Å²) in [5.41, 5.74) is 2.33. The molecule has 3 aliphatic heterocycles. The number of hydrogen-bond donors (Lipinski definition) is 2. The highest BCUT2D eigenvalue weighted by Gasteiger charge is 2.49. The maximum Gasteiger partial charge on any atom is 0.264 e. The number of piperazine rings is 1. The van der Waals surface area contributed by atoms with Gasteiger partial charge < -0.3 is 19.6 Å². The second kappa shape index (κ2) is 14.8. The fourth-order valence-corrected chi connectivity index (χ4v) is 11.1. The normalized spacial score (nSPS) is 32.7.